The van der Waals surface area contributed by atoms with Crippen molar-refractivity contribution in [1.82, 2.24) is 0 Å². The van der Waals surface area contributed by atoms with Crippen LogP contribution in [0.2, 0.25) is 0 Å². The highest BCUT2D eigenvalue weighted by Gasteiger charge is 2.32. The van der Waals surface area contributed by atoms with E-state index >= 15 is 0 Å². The molecular weight excluding hydrogens is 465 g/mol. The molecule has 3 nitrogen and oxygen atoms in total. The van der Waals surface area contributed by atoms with E-state index in [1.165, 1.54) is 0 Å². The van der Waals surface area contributed by atoms with Gasteiger partial charge in [0.2, 0.25) is 0 Å². The summed E-state index contributed by atoms with van der Waals surface area (Å²) < 4.78 is 42.6. The lowest BCUT2D eigenvalue weighted by molar-refractivity contribution is 0.572. The second-order valence-corrected chi connectivity index (χ2v) is 18.6. The predicted molar refractivity (Wildman–Crippen MR) is 144 cm³/mol. The van der Waals surface area contributed by atoms with Gasteiger partial charge in [-0.1, -0.05) is 91.0 Å². The summed E-state index contributed by atoms with van der Waals surface area (Å²) in [6.45, 7) is 0. The number of benzene rings is 3. The Bertz CT molecular complexity index is 1000. The van der Waals surface area contributed by atoms with E-state index < -0.39 is 21.4 Å². The molecule has 3 aromatic carbocycles. The Morgan fingerprint density at radius 2 is 0.576 bits per heavy atom. The lowest BCUT2D eigenvalue weighted by Gasteiger charge is -2.26. The molecule has 1 heterocycles. The van der Waals surface area contributed by atoms with E-state index in [2.05, 4.69) is 0 Å². The summed E-state index contributed by atoms with van der Waals surface area (Å²) in [6.07, 6.45) is 5.42. The number of rotatable bonds is 3. The van der Waals surface area contributed by atoms with Crippen LogP contribution in [0, 0.1) is 0 Å². The summed E-state index contributed by atoms with van der Waals surface area (Å²) in [6, 6.07) is 29.2. The van der Waals surface area contributed by atoms with Gasteiger partial charge in [0.1, 0.15) is 21.4 Å². The minimum atomic E-state index is -2.66. The van der Waals surface area contributed by atoms with Crippen molar-refractivity contribution in [2.75, 3.05) is 37.0 Å². The van der Waals surface area contributed by atoms with Crippen molar-refractivity contribution in [1.29, 1.82) is 0 Å². The Balaban J connectivity index is 1.68. The molecule has 0 N–H and O–H groups in total. The van der Waals surface area contributed by atoms with Crippen LogP contribution in [-0.2, 0) is 13.7 Å². The molecule has 0 saturated carbocycles. The van der Waals surface area contributed by atoms with Crippen LogP contribution in [0.3, 0.4) is 0 Å². The van der Waals surface area contributed by atoms with Gasteiger partial charge in [0, 0.05) is 52.9 Å². The fraction of sp³-hybridized carbons (Fsp3) is 0.333. The normalized spacial score (nSPS) is 29.5. The van der Waals surface area contributed by atoms with Crippen molar-refractivity contribution in [2.45, 2.75) is 19.3 Å². The van der Waals surface area contributed by atoms with Crippen LogP contribution in [0.1, 0.15) is 19.3 Å². The zero-order valence-corrected chi connectivity index (χ0v) is 21.8. The smallest absolute Gasteiger partial charge is 0.115 e. The molecule has 1 aliphatic heterocycles. The van der Waals surface area contributed by atoms with Gasteiger partial charge in [0.15, 0.2) is 0 Å². The van der Waals surface area contributed by atoms with Crippen LogP contribution in [-0.4, -0.2) is 37.0 Å². The highest BCUT2D eigenvalue weighted by molar-refractivity contribution is 7.73. The molecule has 1 fully saturated rings. The Hall–Kier alpha value is -1.65. The van der Waals surface area contributed by atoms with Gasteiger partial charge in [0.25, 0.3) is 0 Å². The minimum absolute atomic E-state index is 0.559. The second-order valence-electron chi connectivity index (χ2n) is 9.08. The molecule has 1 saturated heterocycles. The summed E-state index contributed by atoms with van der Waals surface area (Å²) in [4.78, 5) is 0. The highest BCUT2D eigenvalue weighted by atomic mass is 31.2. The first-order valence-electron chi connectivity index (χ1n) is 11.8. The van der Waals surface area contributed by atoms with Gasteiger partial charge in [-0.15, -0.1) is 0 Å². The fourth-order valence-electron chi connectivity index (χ4n) is 4.95. The molecule has 0 aliphatic carbocycles. The Labute approximate surface area is 198 Å². The van der Waals surface area contributed by atoms with Gasteiger partial charge >= 0.3 is 0 Å². The van der Waals surface area contributed by atoms with Gasteiger partial charge in [-0.3, -0.25) is 0 Å². The summed E-state index contributed by atoms with van der Waals surface area (Å²) in [5.41, 5.74) is 0. The van der Waals surface area contributed by atoms with Crippen molar-refractivity contribution in [3.05, 3.63) is 91.0 Å². The SMILES string of the molecule is O=P1(c2ccccc2)CCCP(=O)(c2ccccc2)CCCP(=O)(c2ccccc2)CCC1. The van der Waals surface area contributed by atoms with Crippen LogP contribution in [0.15, 0.2) is 91.0 Å². The van der Waals surface area contributed by atoms with E-state index in [1.54, 1.807) is 0 Å². The van der Waals surface area contributed by atoms with Crippen LogP contribution >= 0.6 is 21.4 Å². The van der Waals surface area contributed by atoms with E-state index in [0.29, 0.717) is 56.2 Å². The molecule has 174 valence electrons. The monoisotopic (exact) mass is 498 g/mol. The lowest BCUT2D eigenvalue weighted by atomic mass is 10.4. The summed E-state index contributed by atoms with van der Waals surface area (Å²) in [5.74, 6) is 0. The molecule has 0 bridgehead atoms. The predicted octanol–water partition coefficient (Wildman–Crippen LogP) is 6.24. The largest absolute Gasteiger partial charge is 0.319 e. The summed E-state index contributed by atoms with van der Waals surface area (Å²) >= 11 is 0. The Morgan fingerprint density at radius 3 is 0.788 bits per heavy atom. The molecule has 0 radical (unpaired) electrons. The third-order valence-corrected chi connectivity index (χ3v) is 16.7. The molecule has 0 unspecified atom stereocenters. The van der Waals surface area contributed by atoms with E-state index in [9.17, 15) is 13.7 Å². The van der Waals surface area contributed by atoms with Crippen molar-refractivity contribution < 1.29 is 13.7 Å². The number of hydrogen-bond donors (Lipinski definition) is 0. The molecule has 33 heavy (non-hydrogen) atoms. The van der Waals surface area contributed by atoms with Crippen molar-refractivity contribution >= 4 is 37.3 Å². The molecule has 0 atom stereocenters. The maximum absolute atomic E-state index is 14.2. The molecule has 4 rings (SSSR count). The first-order valence-corrected chi connectivity index (χ1v) is 18.1. The van der Waals surface area contributed by atoms with Gasteiger partial charge in [-0.25, -0.2) is 0 Å². The fourth-order valence-corrected chi connectivity index (χ4v) is 14.1. The molecule has 0 aromatic heterocycles. The first kappa shape index (κ1) is 24.5. The highest BCUT2D eigenvalue weighted by Crippen LogP contribution is 2.54. The first-order chi connectivity index (χ1) is 15.9. The summed E-state index contributed by atoms with van der Waals surface area (Å²) in [7, 11) is -7.97. The van der Waals surface area contributed by atoms with Gasteiger partial charge in [-0.05, 0) is 19.3 Å². The van der Waals surface area contributed by atoms with Gasteiger partial charge in [-0.2, -0.15) is 0 Å². The second kappa shape index (κ2) is 10.7. The van der Waals surface area contributed by atoms with E-state index in [-0.39, 0.29) is 0 Å². The van der Waals surface area contributed by atoms with Gasteiger partial charge in [0.05, 0.1) is 0 Å². The van der Waals surface area contributed by atoms with E-state index in [4.69, 9.17) is 0 Å². The molecule has 1 aliphatic rings. The summed E-state index contributed by atoms with van der Waals surface area (Å²) in [5, 5.41) is 2.68. The van der Waals surface area contributed by atoms with E-state index in [0.717, 1.165) is 15.9 Å². The molecular formula is C27H33O3P3. The zero-order chi connectivity index (χ0) is 23.2. The lowest BCUT2D eigenvalue weighted by Crippen LogP contribution is -2.19. The van der Waals surface area contributed by atoms with Crippen LogP contribution in [0.25, 0.3) is 0 Å². The van der Waals surface area contributed by atoms with Crippen molar-refractivity contribution in [3.63, 3.8) is 0 Å². The maximum Gasteiger partial charge on any atom is 0.115 e. The quantitative estimate of drug-likeness (QED) is 0.402. The number of hydrogen-bond acceptors (Lipinski definition) is 3. The standard InChI is InChI=1S/C27H33O3P3/c28-31(25-13-4-1-5-14-25)19-10-21-32(29,26-15-6-2-7-16-26)23-12-24-33(30,22-11-20-31)27-17-8-3-9-18-27/h1-9,13-18H,10-12,19-24H2. The third-order valence-electron chi connectivity index (χ3n) is 6.80. The Kier molecular flexibility index (Phi) is 7.96. The Morgan fingerprint density at radius 1 is 0.364 bits per heavy atom. The molecule has 0 amide bonds. The van der Waals surface area contributed by atoms with Crippen LogP contribution in [0.5, 0.6) is 0 Å². The average Bonchev–Trinajstić information content (AvgIpc) is 2.85. The zero-order valence-electron chi connectivity index (χ0n) is 19.1. The van der Waals surface area contributed by atoms with E-state index in [1.807, 2.05) is 91.0 Å². The van der Waals surface area contributed by atoms with Crippen molar-refractivity contribution in [3.8, 4) is 0 Å². The topological polar surface area (TPSA) is 51.2 Å². The van der Waals surface area contributed by atoms with Crippen LogP contribution in [0.4, 0.5) is 0 Å². The van der Waals surface area contributed by atoms with Crippen LogP contribution < -0.4 is 15.9 Å². The average molecular weight is 498 g/mol. The maximum atomic E-state index is 14.2. The third kappa shape index (κ3) is 5.89. The minimum Gasteiger partial charge on any atom is -0.319 e. The van der Waals surface area contributed by atoms with Crippen molar-refractivity contribution in [2.24, 2.45) is 0 Å². The molecule has 6 heteroatoms. The molecule has 0 spiro atoms. The molecule has 3 aromatic rings. The van der Waals surface area contributed by atoms with Gasteiger partial charge < -0.3 is 13.7 Å².